The van der Waals surface area contributed by atoms with E-state index in [2.05, 4.69) is 20.9 Å². The topological polar surface area (TPSA) is 74.0 Å². The highest BCUT2D eigenvalue weighted by molar-refractivity contribution is 9.10. The molecule has 1 rings (SSSR count). The maximum absolute atomic E-state index is 12.4. The van der Waals surface area contributed by atoms with Gasteiger partial charge in [-0.15, -0.1) is 0 Å². The standard InChI is InChI=1S/C8H3BrF2N2O2/c9-6-4(7(10)11)1-3(8(14)15)5(2-12)13-6/h1,7H,(H,14,15). The first-order valence-corrected chi connectivity index (χ1v) is 4.38. The molecule has 0 aliphatic carbocycles. The van der Waals surface area contributed by atoms with E-state index in [9.17, 15) is 13.6 Å². The zero-order valence-corrected chi connectivity index (χ0v) is 8.62. The van der Waals surface area contributed by atoms with Crippen molar-refractivity contribution >= 4 is 21.9 Å². The number of halogens is 3. The van der Waals surface area contributed by atoms with E-state index >= 15 is 0 Å². The number of hydrogen-bond acceptors (Lipinski definition) is 3. The molecule has 0 atom stereocenters. The van der Waals surface area contributed by atoms with E-state index in [4.69, 9.17) is 10.4 Å². The predicted molar refractivity (Wildman–Crippen MR) is 48.6 cm³/mol. The van der Waals surface area contributed by atoms with Gasteiger partial charge in [0.15, 0.2) is 5.69 Å². The van der Waals surface area contributed by atoms with Crippen LogP contribution in [0.4, 0.5) is 8.78 Å². The molecule has 0 aliphatic rings. The lowest BCUT2D eigenvalue weighted by Gasteiger charge is -2.05. The van der Waals surface area contributed by atoms with Crippen LogP contribution >= 0.6 is 15.9 Å². The normalized spacial score (nSPS) is 10.1. The number of hydrogen-bond donors (Lipinski definition) is 1. The summed E-state index contributed by atoms with van der Waals surface area (Å²) in [5, 5.41) is 17.2. The molecule has 1 heterocycles. The van der Waals surface area contributed by atoms with Gasteiger partial charge in [0.05, 0.1) is 11.1 Å². The first kappa shape index (κ1) is 11.5. The van der Waals surface area contributed by atoms with Crippen molar-refractivity contribution in [1.29, 1.82) is 5.26 Å². The fraction of sp³-hybridized carbons (Fsp3) is 0.125. The van der Waals surface area contributed by atoms with Crippen LogP contribution in [0.3, 0.4) is 0 Å². The van der Waals surface area contributed by atoms with E-state index in [-0.39, 0.29) is 4.60 Å². The van der Waals surface area contributed by atoms with Crippen molar-refractivity contribution in [2.45, 2.75) is 6.43 Å². The Kier molecular flexibility index (Phi) is 3.31. The Morgan fingerprint density at radius 2 is 2.27 bits per heavy atom. The fourth-order valence-corrected chi connectivity index (χ4v) is 1.37. The molecule has 15 heavy (non-hydrogen) atoms. The van der Waals surface area contributed by atoms with Crippen LogP contribution in [0.15, 0.2) is 10.7 Å². The molecule has 0 saturated heterocycles. The maximum atomic E-state index is 12.4. The van der Waals surface area contributed by atoms with E-state index in [1.165, 1.54) is 6.07 Å². The lowest BCUT2D eigenvalue weighted by atomic mass is 10.1. The summed E-state index contributed by atoms with van der Waals surface area (Å²) in [5.74, 6) is -1.46. The van der Waals surface area contributed by atoms with Gasteiger partial charge in [-0.2, -0.15) is 5.26 Å². The Hall–Kier alpha value is -1.55. The molecule has 78 valence electrons. The molecule has 0 radical (unpaired) electrons. The molecule has 0 fully saturated rings. The summed E-state index contributed by atoms with van der Waals surface area (Å²) in [6.45, 7) is 0. The van der Waals surface area contributed by atoms with Crippen molar-refractivity contribution < 1.29 is 18.7 Å². The van der Waals surface area contributed by atoms with Gasteiger partial charge in [-0.3, -0.25) is 0 Å². The quantitative estimate of drug-likeness (QED) is 0.842. The average Bonchev–Trinajstić information content (AvgIpc) is 2.16. The summed E-state index contributed by atoms with van der Waals surface area (Å²) in [6, 6.07) is 2.26. The van der Waals surface area contributed by atoms with Gasteiger partial charge < -0.3 is 5.11 Å². The highest BCUT2D eigenvalue weighted by atomic mass is 79.9. The number of aromatic nitrogens is 1. The van der Waals surface area contributed by atoms with E-state index in [0.717, 1.165) is 6.07 Å². The third-order valence-electron chi connectivity index (χ3n) is 1.57. The number of rotatable bonds is 2. The first-order valence-electron chi connectivity index (χ1n) is 3.59. The van der Waals surface area contributed by atoms with Gasteiger partial charge in [-0.05, 0) is 22.0 Å². The number of carboxylic acid groups (broad SMARTS) is 1. The molecular formula is C8H3BrF2N2O2. The van der Waals surface area contributed by atoms with Crippen LogP contribution in [-0.2, 0) is 0 Å². The zero-order chi connectivity index (χ0) is 11.6. The van der Waals surface area contributed by atoms with Crippen LogP contribution in [0.1, 0.15) is 28.0 Å². The largest absolute Gasteiger partial charge is 0.478 e. The van der Waals surface area contributed by atoms with Crippen molar-refractivity contribution in [2.75, 3.05) is 0 Å². The molecule has 0 saturated carbocycles. The smallest absolute Gasteiger partial charge is 0.338 e. The van der Waals surface area contributed by atoms with Crippen LogP contribution in [-0.4, -0.2) is 16.1 Å². The minimum absolute atomic E-state index is 0.223. The minimum atomic E-state index is -2.85. The summed E-state index contributed by atoms with van der Waals surface area (Å²) in [6.07, 6.45) is -2.85. The van der Waals surface area contributed by atoms with Crippen molar-refractivity contribution in [3.05, 3.63) is 27.5 Å². The Balaban J connectivity index is 3.45. The van der Waals surface area contributed by atoms with Gasteiger partial charge in [0.1, 0.15) is 10.7 Å². The lowest BCUT2D eigenvalue weighted by molar-refractivity contribution is 0.0695. The second-order valence-electron chi connectivity index (χ2n) is 2.48. The van der Waals surface area contributed by atoms with Crippen molar-refractivity contribution in [1.82, 2.24) is 4.98 Å². The second-order valence-corrected chi connectivity index (χ2v) is 3.23. The summed E-state index contributed by atoms with van der Waals surface area (Å²) in [7, 11) is 0. The molecule has 0 spiro atoms. The van der Waals surface area contributed by atoms with Gasteiger partial charge in [-0.1, -0.05) is 0 Å². The van der Waals surface area contributed by atoms with E-state index in [0.29, 0.717) is 0 Å². The number of pyridine rings is 1. The Morgan fingerprint density at radius 1 is 1.67 bits per heavy atom. The van der Waals surface area contributed by atoms with Crippen LogP contribution in [0.5, 0.6) is 0 Å². The lowest BCUT2D eigenvalue weighted by Crippen LogP contribution is -2.05. The van der Waals surface area contributed by atoms with Crippen molar-refractivity contribution in [3.8, 4) is 6.07 Å². The monoisotopic (exact) mass is 276 g/mol. The molecule has 4 nitrogen and oxygen atoms in total. The number of carboxylic acids is 1. The summed E-state index contributed by atoms with van der Waals surface area (Å²) >= 11 is 2.74. The van der Waals surface area contributed by atoms with E-state index < -0.39 is 29.2 Å². The maximum Gasteiger partial charge on any atom is 0.338 e. The SMILES string of the molecule is N#Cc1nc(Br)c(C(F)F)cc1C(=O)O. The zero-order valence-electron chi connectivity index (χ0n) is 7.04. The highest BCUT2D eigenvalue weighted by Gasteiger charge is 2.20. The molecule has 1 aromatic rings. The van der Waals surface area contributed by atoms with Gasteiger partial charge in [-0.25, -0.2) is 18.6 Å². The van der Waals surface area contributed by atoms with Crippen LogP contribution in [0.25, 0.3) is 0 Å². The number of nitrogens with zero attached hydrogens (tertiary/aromatic N) is 2. The minimum Gasteiger partial charge on any atom is -0.478 e. The van der Waals surface area contributed by atoms with Crippen LogP contribution < -0.4 is 0 Å². The van der Waals surface area contributed by atoms with Gasteiger partial charge in [0.2, 0.25) is 0 Å². The van der Waals surface area contributed by atoms with Crippen LogP contribution in [0, 0.1) is 11.3 Å². The van der Waals surface area contributed by atoms with Gasteiger partial charge in [0.25, 0.3) is 6.43 Å². The molecule has 1 N–H and O–H groups in total. The molecule has 0 amide bonds. The third-order valence-corrected chi connectivity index (χ3v) is 2.21. The molecule has 1 aromatic heterocycles. The highest BCUT2D eigenvalue weighted by Crippen LogP contribution is 2.27. The van der Waals surface area contributed by atoms with Crippen molar-refractivity contribution in [2.24, 2.45) is 0 Å². The molecule has 0 unspecified atom stereocenters. The Morgan fingerprint density at radius 3 is 2.67 bits per heavy atom. The predicted octanol–water partition coefficient (Wildman–Crippen LogP) is 2.35. The van der Waals surface area contributed by atoms with Crippen LogP contribution in [0.2, 0.25) is 0 Å². The summed E-state index contributed by atoms with van der Waals surface area (Å²) < 4.78 is 24.5. The summed E-state index contributed by atoms with van der Waals surface area (Å²) in [4.78, 5) is 14.0. The number of aromatic carboxylic acids is 1. The molecule has 7 heteroatoms. The third kappa shape index (κ3) is 2.27. The van der Waals surface area contributed by atoms with Gasteiger partial charge in [0, 0.05) is 0 Å². The molecule has 0 bridgehead atoms. The number of alkyl halides is 2. The van der Waals surface area contributed by atoms with E-state index in [1.807, 2.05) is 0 Å². The van der Waals surface area contributed by atoms with E-state index in [1.54, 1.807) is 0 Å². The van der Waals surface area contributed by atoms with Gasteiger partial charge >= 0.3 is 5.97 Å². The Bertz CT molecular complexity index is 457. The Labute approximate surface area is 91.3 Å². The molecule has 0 aromatic carbocycles. The number of carbonyl (C=O) groups is 1. The fourth-order valence-electron chi connectivity index (χ4n) is 0.908. The molecular weight excluding hydrogens is 274 g/mol. The summed E-state index contributed by atoms with van der Waals surface area (Å²) in [5.41, 5.74) is -1.49. The first-order chi connectivity index (χ1) is 6.97. The van der Waals surface area contributed by atoms with Crippen molar-refractivity contribution in [3.63, 3.8) is 0 Å². The second kappa shape index (κ2) is 4.31. The average molecular weight is 277 g/mol. The molecule has 0 aliphatic heterocycles. The number of nitriles is 1.